The summed E-state index contributed by atoms with van der Waals surface area (Å²) in [5.41, 5.74) is 0. The smallest absolute Gasteiger partial charge is 3.00 e. The van der Waals surface area contributed by atoms with E-state index in [1.165, 1.54) is 0 Å². The van der Waals surface area contributed by atoms with Gasteiger partial charge in [-0.3, -0.25) is 0 Å². The third-order valence-corrected chi connectivity index (χ3v) is 0. The third kappa shape index (κ3) is 10.7. The van der Waals surface area contributed by atoms with Crippen LogP contribution in [0.5, 0.6) is 0 Å². The molecule has 0 spiro atoms. The van der Waals surface area contributed by atoms with E-state index in [0.29, 0.717) is 0 Å². The van der Waals surface area contributed by atoms with E-state index in [2.05, 4.69) is 0 Å². The Morgan fingerprint density at radius 3 is 1.00 bits per heavy atom. The van der Waals surface area contributed by atoms with Crippen LogP contribution in [0.2, 0.25) is 0 Å². The fraction of sp³-hybridized carbons (Fsp3) is 0. The SMILES string of the molecule is [Cr+3].[N-3].[Ni].[SiH4]. The van der Waals surface area contributed by atoms with Crippen molar-refractivity contribution in [3.05, 3.63) is 6.15 Å². The standard InChI is InChI=1S/Cr.N.Ni.H4Si/h;;;1H4/q+3;-3;;. The van der Waals surface area contributed by atoms with Crippen LogP contribution in [0.15, 0.2) is 0 Å². The predicted octanol–water partition coefficient (Wildman–Crippen LogP) is -1.17. The van der Waals surface area contributed by atoms with Gasteiger partial charge < -0.3 is 6.15 Å². The molecule has 0 saturated heterocycles. The van der Waals surface area contributed by atoms with Crippen molar-refractivity contribution in [2.24, 2.45) is 0 Å². The number of rotatable bonds is 0. The molecule has 0 aliphatic carbocycles. The second-order valence-electron chi connectivity index (χ2n) is 0. The van der Waals surface area contributed by atoms with Gasteiger partial charge in [0.2, 0.25) is 0 Å². The van der Waals surface area contributed by atoms with Crippen LogP contribution < -0.4 is 0 Å². The van der Waals surface area contributed by atoms with Gasteiger partial charge in [0.1, 0.15) is 0 Å². The predicted molar refractivity (Wildman–Crippen MR) is 14.7 cm³/mol. The van der Waals surface area contributed by atoms with E-state index in [9.17, 15) is 0 Å². The Balaban J connectivity index is 0. The minimum Gasteiger partial charge on any atom is -3.00 e. The molecule has 0 bridgehead atoms. The summed E-state index contributed by atoms with van der Waals surface area (Å²) in [5.74, 6) is 0. The second-order valence-corrected chi connectivity index (χ2v) is 0. The maximum absolute atomic E-state index is 0. The van der Waals surface area contributed by atoms with Gasteiger partial charge in [-0.05, 0) is 11.0 Å². The first-order chi connectivity index (χ1) is 0. The average molecular weight is 157 g/mol. The number of hydrogen-bond acceptors (Lipinski definition) is 0. The Morgan fingerprint density at radius 2 is 1.00 bits per heavy atom. The van der Waals surface area contributed by atoms with Crippen LogP contribution >= 0.6 is 0 Å². The Hall–Kier alpha value is 1.20. The van der Waals surface area contributed by atoms with E-state index in [4.69, 9.17) is 0 Å². The largest absolute Gasteiger partial charge is 3.00 e. The summed E-state index contributed by atoms with van der Waals surface area (Å²) in [6, 6.07) is 0. The molecule has 0 atom stereocenters. The zero-order valence-corrected chi connectivity index (χ0v) is 3.43. The van der Waals surface area contributed by atoms with Crippen LogP contribution in [-0.4, -0.2) is 11.0 Å². The molecule has 0 aromatic rings. The van der Waals surface area contributed by atoms with Gasteiger partial charge in [0.25, 0.3) is 0 Å². The minimum absolute atomic E-state index is 0. The molecule has 4 heteroatoms. The monoisotopic (exact) mass is 156 g/mol. The topological polar surface area (TPSA) is 30.5 Å². The first kappa shape index (κ1) is 63.5. The Kier molecular flexibility index (Phi) is 473. The van der Waals surface area contributed by atoms with Gasteiger partial charge in [-0.2, -0.15) is 0 Å². The molecule has 0 aromatic heterocycles. The number of nitrogens with zero attached hydrogens (tertiary/aromatic N) is 1. The molecule has 0 N–H and O–H groups in total. The van der Waals surface area contributed by atoms with Crippen LogP contribution in [0, 0.1) is 0 Å². The van der Waals surface area contributed by atoms with E-state index in [1.807, 2.05) is 0 Å². The molecule has 0 aromatic carbocycles. The summed E-state index contributed by atoms with van der Waals surface area (Å²) >= 11 is 0. The molecule has 0 heterocycles. The quantitative estimate of drug-likeness (QED) is 0.396. The average Bonchev–Trinajstić information content (AvgIpc) is 0. The fourth-order valence-electron chi connectivity index (χ4n) is 0. The molecule has 1 nitrogen and oxygen atoms in total. The Morgan fingerprint density at radius 1 is 1.00 bits per heavy atom. The molecule has 0 saturated carbocycles. The molecule has 29 valence electrons. The second kappa shape index (κ2) is 29.8. The van der Waals surface area contributed by atoms with Crippen LogP contribution in [0.3, 0.4) is 0 Å². The summed E-state index contributed by atoms with van der Waals surface area (Å²) in [4.78, 5) is 0. The molecular weight excluding hydrogens is 153 g/mol. The minimum atomic E-state index is 0. The van der Waals surface area contributed by atoms with E-state index in [0.717, 1.165) is 0 Å². The molecule has 0 amide bonds. The fourth-order valence-corrected chi connectivity index (χ4v) is 0. The Bertz CT molecular complexity index is 8.00. The van der Waals surface area contributed by atoms with Gasteiger partial charge in [-0.25, -0.2) is 0 Å². The van der Waals surface area contributed by atoms with Crippen molar-refractivity contribution in [1.29, 1.82) is 0 Å². The summed E-state index contributed by atoms with van der Waals surface area (Å²) < 4.78 is 0. The summed E-state index contributed by atoms with van der Waals surface area (Å²) in [6.45, 7) is 0. The van der Waals surface area contributed by atoms with Crippen molar-refractivity contribution in [3.63, 3.8) is 0 Å². The molecule has 0 rings (SSSR count). The molecule has 0 unspecified atom stereocenters. The zero-order valence-electron chi connectivity index (χ0n) is 1.17. The summed E-state index contributed by atoms with van der Waals surface area (Å²) in [6.07, 6.45) is 0. The maximum Gasteiger partial charge on any atom is 3.00 e. The van der Waals surface area contributed by atoms with Crippen LogP contribution in [0.1, 0.15) is 0 Å². The van der Waals surface area contributed by atoms with Crippen molar-refractivity contribution in [2.75, 3.05) is 0 Å². The van der Waals surface area contributed by atoms with Gasteiger partial charge in [0.05, 0.1) is 0 Å². The first-order valence-electron chi connectivity index (χ1n) is 0. The first-order valence-corrected chi connectivity index (χ1v) is 0. The van der Waals surface area contributed by atoms with Gasteiger partial charge >= 0.3 is 17.4 Å². The van der Waals surface area contributed by atoms with Crippen LogP contribution in [0.25, 0.3) is 6.15 Å². The van der Waals surface area contributed by atoms with E-state index < -0.39 is 0 Å². The van der Waals surface area contributed by atoms with Gasteiger partial charge in [0.15, 0.2) is 0 Å². The van der Waals surface area contributed by atoms with Gasteiger partial charge in [-0.1, -0.05) is 0 Å². The van der Waals surface area contributed by atoms with Crippen molar-refractivity contribution in [2.45, 2.75) is 0 Å². The summed E-state index contributed by atoms with van der Waals surface area (Å²) in [5, 5.41) is 0. The maximum atomic E-state index is 0. The van der Waals surface area contributed by atoms with E-state index in [-0.39, 0.29) is 51.0 Å². The molecule has 0 fully saturated rings. The van der Waals surface area contributed by atoms with Gasteiger partial charge in [0, 0.05) is 16.5 Å². The zero-order chi connectivity index (χ0) is 0. The number of hydrogen-bond donors (Lipinski definition) is 0. The molecule has 0 aliphatic rings. The van der Waals surface area contributed by atoms with Crippen molar-refractivity contribution in [1.82, 2.24) is 0 Å². The van der Waals surface area contributed by atoms with Crippen molar-refractivity contribution in [3.8, 4) is 0 Å². The third-order valence-electron chi connectivity index (χ3n) is 0. The van der Waals surface area contributed by atoms with Crippen LogP contribution in [-0.2, 0) is 33.9 Å². The Labute approximate surface area is 51.2 Å². The van der Waals surface area contributed by atoms with Gasteiger partial charge in [-0.15, -0.1) is 0 Å². The molecule has 1 radical (unpaired) electrons. The normalized spacial score (nSPS) is 0. The van der Waals surface area contributed by atoms with E-state index in [1.54, 1.807) is 0 Å². The van der Waals surface area contributed by atoms with Crippen LogP contribution in [0.4, 0.5) is 0 Å². The molecular formula is H4CrNNiSi. The molecule has 4 heavy (non-hydrogen) atoms. The van der Waals surface area contributed by atoms with Crippen molar-refractivity contribution < 1.29 is 33.9 Å². The van der Waals surface area contributed by atoms with Crippen molar-refractivity contribution >= 4 is 11.0 Å². The molecule has 0 aliphatic heterocycles. The van der Waals surface area contributed by atoms with E-state index >= 15 is 0 Å². The summed E-state index contributed by atoms with van der Waals surface area (Å²) in [7, 11) is 0.